The molecule has 1 N–H and O–H groups in total. The Balaban J connectivity index is 1.58. The molecule has 3 rings (SSSR count). The minimum atomic E-state index is -0.409. The van der Waals surface area contributed by atoms with E-state index in [1.165, 1.54) is 0 Å². The lowest BCUT2D eigenvalue weighted by molar-refractivity contribution is -0.124. The van der Waals surface area contributed by atoms with Crippen LogP contribution in [-0.4, -0.2) is 49.4 Å². The second-order valence-corrected chi connectivity index (χ2v) is 7.62. The molecule has 5 nitrogen and oxygen atoms in total. The van der Waals surface area contributed by atoms with Gasteiger partial charge in [0.25, 0.3) is 0 Å². The highest BCUT2D eigenvalue weighted by atomic mass is 16.7. The van der Waals surface area contributed by atoms with Crippen molar-refractivity contribution in [2.45, 2.75) is 70.1 Å². The summed E-state index contributed by atoms with van der Waals surface area (Å²) in [4.78, 5) is 12.6. The third kappa shape index (κ3) is 3.04. The van der Waals surface area contributed by atoms with Crippen molar-refractivity contribution < 1.29 is 18.8 Å². The van der Waals surface area contributed by atoms with Crippen LogP contribution >= 0.6 is 0 Å². The topological polar surface area (TPSA) is 56.8 Å². The third-order valence-electron chi connectivity index (χ3n) is 5.37. The van der Waals surface area contributed by atoms with Gasteiger partial charge in [-0.05, 0) is 40.5 Å². The Morgan fingerprint density at radius 3 is 2.14 bits per heavy atom. The monoisotopic (exact) mass is 295 g/mol. The number of hydrogen-bond acceptors (Lipinski definition) is 5. The maximum atomic E-state index is 12.6. The first-order chi connectivity index (χ1) is 9.77. The summed E-state index contributed by atoms with van der Waals surface area (Å²) in [5.41, 5.74) is -0.729. The molecule has 0 amide bonds. The molecule has 0 spiro atoms. The molecular weight excluding hydrogens is 269 g/mol. The quantitative estimate of drug-likeness (QED) is 0.798. The van der Waals surface area contributed by atoms with Crippen LogP contribution in [0.2, 0.25) is 6.32 Å². The molecule has 3 aliphatic heterocycles. The van der Waals surface area contributed by atoms with Crippen LogP contribution in [0.4, 0.5) is 0 Å². The van der Waals surface area contributed by atoms with Crippen LogP contribution in [-0.2, 0) is 18.8 Å². The Hall–Kier alpha value is -0.425. The van der Waals surface area contributed by atoms with Gasteiger partial charge in [-0.2, -0.15) is 0 Å². The van der Waals surface area contributed by atoms with E-state index >= 15 is 0 Å². The van der Waals surface area contributed by atoms with Crippen LogP contribution in [0.1, 0.15) is 40.5 Å². The maximum Gasteiger partial charge on any atom is 0.465 e. The number of ether oxygens (including phenoxy) is 1. The van der Waals surface area contributed by atoms with Crippen LogP contribution in [0.3, 0.4) is 0 Å². The van der Waals surface area contributed by atoms with Gasteiger partial charge in [0.05, 0.1) is 24.4 Å². The molecule has 3 aliphatic rings. The van der Waals surface area contributed by atoms with Gasteiger partial charge in [0.1, 0.15) is 5.78 Å². The second kappa shape index (κ2) is 5.34. The second-order valence-electron chi connectivity index (χ2n) is 7.62. The Bertz CT molecular complexity index is 398. The highest BCUT2D eigenvalue weighted by Gasteiger charge is 2.52. The van der Waals surface area contributed by atoms with Crippen molar-refractivity contribution in [2.24, 2.45) is 5.92 Å². The first-order valence-electron chi connectivity index (χ1n) is 7.99. The van der Waals surface area contributed by atoms with E-state index in [-0.39, 0.29) is 22.9 Å². The normalized spacial score (nSPS) is 37.5. The zero-order valence-electron chi connectivity index (χ0n) is 13.5. The van der Waals surface area contributed by atoms with Crippen molar-refractivity contribution in [3.05, 3.63) is 0 Å². The Labute approximate surface area is 127 Å². The Morgan fingerprint density at radius 1 is 1.10 bits per heavy atom. The molecule has 3 heterocycles. The van der Waals surface area contributed by atoms with Crippen LogP contribution in [0.5, 0.6) is 0 Å². The van der Waals surface area contributed by atoms with Crippen molar-refractivity contribution in [3.63, 3.8) is 0 Å². The fourth-order valence-electron chi connectivity index (χ4n) is 3.48. The van der Waals surface area contributed by atoms with Gasteiger partial charge in [0.15, 0.2) is 0 Å². The minimum absolute atomic E-state index is 0.115. The molecule has 0 aromatic carbocycles. The van der Waals surface area contributed by atoms with Gasteiger partial charge in [0.2, 0.25) is 0 Å². The summed E-state index contributed by atoms with van der Waals surface area (Å²) in [5.74, 6) is 0.385. The van der Waals surface area contributed by atoms with E-state index in [2.05, 4.69) is 5.32 Å². The van der Waals surface area contributed by atoms with Crippen molar-refractivity contribution in [3.8, 4) is 0 Å². The lowest BCUT2D eigenvalue weighted by atomic mass is 9.74. The van der Waals surface area contributed by atoms with Gasteiger partial charge >= 0.3 is 7.12 Å². The number of carbonyl (C=O) groups is 1. The first kappa shape index (κ1) is 15.5. The van der Waals surface area contributed by atoms with E-state index in [1.54, 1.807) is 0 Å². The van der Waals surface area contributed by atoms with Crippen LogP contribution in [0.15, 0.2) is 0 Å². The minimum Gasteiger partial charge on any atom is -0.403 e. The third-order valence-corrected chi connectivity index (χ3v) is 5.37. The summed E-state index contributed by atoms with van der Waals surface area (Å²) in [6, 6.07) is 0.648. The molecule has 2 unspecified atom stereocenters. The van der Waals surface area contributed by atoms with Crippen LogP contribution in [0, 0.1) is 5.92 Å². The van der Waals surface area contributed by atoms with E-state index in [0.717, 1.165) is 26.1 Å². The summed E-state index contributed by atoms with van der Waals surface area (Å²) in [6.07, 6.45) is 2.10. The molecule has 3 saturated heterocycles. The highest BCUT2D eigenvalue weighted by molar-refractivity contribution is 6.50. The molecule has 118 valence electrons. The molecule has 0 aromatic rings. The summed E-state index contributed by atoms with van der Waals surface area (Å²) < 4.78 is 17.4. The number of fused-ring (bicyclic) bond motifs is 2. The number of carbonyl (C=O) groups excluding carboxylic acids is 1. The van der Waals surface area contributed by atoms with Crippen LogP contribution < -0.4 is 5.32 Å². The molecular formula is C15H26BNO4. The number of morpholine rings is 1. The smallest absolute Gasteiger partial charge is 0.403 e. The maximum absolute atomic E-state index is 12.6. The Morgan fingerprint density at radius 2 is 1.62 bits per heavy atom. The lowest BCUT2D eigenvalue weighted by Gasteiger charge is -2.39. The zero-order valence-corrected chi connectivity index (χ0v) is 13.5. The van der Waals surface area contributed by atoms with E-state index in [4.69, 9.17) is 14.0 Å². The molecule has 6 heteroatoms. The van der Waals surface area contributed by atoms with Gasteiger partial charge in [-0.15, -0.1) is 0 Å². The zero-order chi connectivity index (χ0) is 15.3. The fourth-order valence-corrected chi connectivity index (χ4v) is 3.48. The van der Waals surface area contributed by atoms with Gasteiger partial charge in [0, 0.05) is 24.3 Å². The average Bonchev–Trinajstić information content (AvgIpc) is 2.56. The summed E-state index contributed by atoms with van der Waals surface area (Å²) in [6.45, 7) is 9.51. The van der Waals surface area contributed by atoms with Crippen molar-refractivity contribution in [1.82, 2.24) is 5.32 Å². The molecule has 2 atom stereocenters. The van der Waals surface area contributed by atoms with E-state index in [1.807, 2.05) is 27.7 Å². The number of rotatable bonds is 3. The van der Waals surface area contributed by atoms with Gasteiger partial charge < -0.3 is 19.4 Å². The molecule has 21 heavy (non-hydrogen) atoms. The Kier molecular flexibility index (Phi) is 3.93. The number of nitrogens with one attached hydrogen (secondary N) is 1. The molecule has 0 saturated carbocycles. The molecule has 0 aromatic heterocycles. The highest BCUT2D eigenvalue weighted by Crippen LogP contribution is 2.38. The van der Waals surface area contributed by atoms with Crippen molar-refractivity contribution >= 4 is 12.9 Å². The summed E-state index contributed by atoms with van der Waals surface area (Å²) >= 11 is 0. The van der Waals surface area contributed by atoms with Crippen LogP contribution in [0.25, 0.3) is 0 Å². The summed E-state index contributed by atoms with van der Waals surface area (Å²) in [7, 11) is -0.409. The SMILES string of the molecule is CC1(C)OB(CC(=O)C2CC3COCC(C2)N3)OC1(C)C. The largest absolute Gasteiger partial charge is 0.465 e. The van der Waals surface area contributed by atoms with Gasteiger partial charge in [-0.1, -0.05) is 0 Å². The fraction of sp³-hybridized carbons (Fsp3) is 0.933. The molecule has 3 fully saturated rings. The van der Waals surface area contributed by atoms with Gasteiger partial charge in [-0.3, -0.25) is 4.79 Å². The number of ketones is 1. The number of Topliss-reactive ketones (excluding diaryl/α,β-unsaturated/α-hetero) is 1. The predicted molar refractivity (Wildman–Crippen MR) is 80.2 cm³/mol. The van der Waals surface area contributed by atoms with Crippen molar-refractivity contribution in [2.75, 3.05) is 13.2 Å². The van der Waals surface area contributed by atoms with E-state index in [0.29, 0.717) is 18.4 Å². The molecule has 0 radical (unpaired) electrons. The van der Waals surface area contributed by atoms with E-state index in [9.17, 15) is 4.79 Å². The van der Waals surface area contributed by atoms with Gasteiger partial charge in [-0.25, -0.2) is 0 Å². The molecule has 0 aliphatic carbocycles. The number of piperidine rings is 1. The lowest BCUT2D eigenvalue weighted by Crippen LogP contribution is -2.55. The predicted octanol–water partition coefficient (Wildman–Crippen LogP) is 1.41. The first-order valence-corrected chi connectivity index (χ1v) is 7.99. The van der Waals surface area contributed by atoms with Crippen molar-refractivity contribution in [1.29, 1.82) is 0 Å². The van der Waals surface area contributed by atoms with E-state index < -0.39 is 7.12 Å². The molecule has 2 bridgehead atoms. The number of hydrogen-bond donors (Lipinski definition) is 1. The average molecular weight is 295 g/mol. The standard InChI is InChI=1S/C15H26BNO4/c1-14(2)15(3,4)21-16(20-14)7-13(18)10-5-11-8-19-9-12(6-10)17-11/h10-12,17H,5-9H2,1-4H3. The summed E-state index contributed by atoms with van der Waals surface area (Å²) in [5, 5.41) is 3.52.